The van der Waals surface area contributed by atoms with Gasteiger partial charge in [-0.3, -0.25) is 9.69 Å². The second-order valence-electron chi connectivity index (χ2n) is 4.04. The van der Waals surface area contributed by atoms with Gasteiger partial charge in [-0.25, -0.2) is 0 Å². The predicted octanol–water partition coefficient (Wildman–Crippen LogP) is 1.36. The van der Waals surface area contributed by atoms with Crippen molar-refractivity contribution in [3.8, 4) is 0 Å². The summed E-state index contributed by atoms with van der Waals surface area (Å²) in [6, 6.07) is -0.458. The molecule has 1 heterocycles. The summed E-state index contributed by atoms with van der Waals surface area (Å²) < 4.78 is 41.4. The third-order valence-electron chi connectivity index (χ3n) is 2.93. The highest BCUT2D eigenvalue weighted by Crippen LogP contribution is 2.24. The SMILES string of the molecule is CCN(CCC(F)(F)F)C1COCC1C(=O)O. The summed E-state index contributed by atoms with van der Waals surface area (Å²) in [5.74, 6) is -1.75. The van der Waals surface area contributed by atoms with Crippen LogP contribution in [0.25, 0.3) is 0 Å². The molecule has 0 aliphatic carbocycles. The number of aliphatic carboxylic acids is 1. The highest BCUT2D eigenvalue weighted by molar-refractivity contribution is 5.71. The highest BCUT2D eigenvalue weighted by Gasteiger charge is 2.38. The molecule has 2 atom stereocenters. The topological polar surface area (TPSA) is 49.8 Å². The minimum atomic E-state index is -4.22. The maximum atomic E-state index is 12.1. The fourth-order valence-corrected chi connectivity index (χ4v) is 1.97. The molecule has 17 heavy (non-hydrogen) atoms. The molecule has 4 nitrogen and oxygen atoms in total. The van der Waals surface area contributed by atoms with E-state index in [-0.39, 0.29) is 19.8 Å². The molecule has 0 radical (unpaired) electrons. The molecule has 0 aromatic carbocycles. The van der Waals surface area contributed by atoms with E-state index in [1.54, 1.807) is 6.92 Å². The van der Waals surface area contributed by atoms with Crippen LogP contribution in [-0.4, -0.2) is 54.5 Å². The third-order valence-corrected chi connectivity index (χ3v) is 2.93. The lowest BCUT2D eigenvalue weighted by Gasteiger charge is -2.29. The maximum absolute atomic E-state index is 12.1. The molecule has 1 N–H and O–H groups in total. The van der Waals surface area contributed by atoms with E-state index in [0.717, 1.165) is 0 Å². The van der Waals surface area contributed by atoms with Gasteiger partial charge in [0.2, 0.25) is 0 Å². The highest BCUT2D eigenvalue weighted by atomic mass is 19.4. The first-order chi connectivity index (χ1) is 7.85. The number of nitrogens with zero attached hydrogens (tertiary/aromatic N) is 1. The normalized spacial score (nSPS) is 25.5. The molecule has 1 aliphatic heterocycles. The number of carboxylic acids is 1. The zero-order valence-corrected chi connectivity index (χ0v) is 9.54. The molecule has 1 saturated heterocycles. The van der Waals surface area contributed by atoms with Gasteiger partial charge in [0.05, 0.1) is 25.6 Å². The maximum Gasteiger partial charge on any atom is 0.390 e. The molecule has 100 valence electrons. The van der Waals surface area contributed by atoms with Gasteiger partial charge in [-0.05, 0) is 6.54 Å². The van der Waals surface area contributed by atoms with Gasteiger partial charge in [-0.2, -0.15) is 13.2 Å². The summed E-state index contributed by atoms with van der Waals surface area (Å²) in [6.45, 7) is 2.17. The molecule has 0 aromatic rings. The van der Waals surface area contributed by atoms with Crippen LogP contribution in [0, 0.1) is 5.92 Å². The number of hydrogen-bond donors (Lipinski definition) is 1. The fraction of sp³-hybridized carbons (Fsp3) is 0.900. The van der Waals surface area contributed by atoms with Crippen molar-refractivity contribution in [2.75, 3.05) is 26.3 Å². The molecule has 0 spiro atoms. The van der Waals surface area contributed by atoms with Crippen molar-refractivity contribution in [2.45, 2.75) is 25.6 Å². The lowest BCUT2D eigenvalue weighted by molar-refractivity contribution is -0.145. The number of carboxylic acid groups (broad SMARTS) is 1. The molecule has 1 aliphatic rings. The van der Waals surface area contributed by atoms with Crippen LogP contribution in [0.3, 0.4) is 0 Å². The second-order valence-corrected chi connectivity index (χ2v) is 4.04. The molecule has 0 aromatic heterocycles. The second kappa shape index (κ2) is 5.68. The third kappa shape index (κ3) is 4.16. The Kier molecular flexibility index (Phi) is 4.76. The number of alkyl halides is 3. The average molecular weight is 255 g/mol. The Balaban J connectivity index is 2.57. The smallest absolute Gasteiger partial charge is 0.390 e. The van der Waals surface area contributed by atoms with Crippen molar-refractivity contribution in [2.24, 2.45) is 5.92 Å². The molecule has 2 unspecified atom stereocenters. The molecule has 0 amide bonds. The lowest BCUT2D eigenvalue weighted by atomic mass is 10.0. The van der Waals surface area contributed by atoms with Gasteiger partial charge < -0.3 is 9.84 Å². The molecule has 1 fully saturated rings. The first-order valence-electron chi connectivity index (χ1n) is 5.46. The van der Waals surface area contributed by atoms with Crippen LogP contribution < -0.4 is 0 Å². The van der Waals surface area contributed by atoms with E-state index in [4.69, 9.17) is 9.84 Å². The first kappa shape index (κ1) is 14.2. The van der Waals surface area contributed by atoms with Gasteiger partial charge in [0.1, 0.15) is 0 Å². The van der Waals surface area contributed by atoms with Crippen LogP contribution in [0.15, 0.2) is 0 Å². The van der Waals surface area contributed by atoms with Gasteiger partial charge in [0.15, 0.2) is 0 Å². The van der Waals surface area contributed by atoms with Crippen molar-refractivity contribution in [3.05, 3.63) is 0 Å². The zero-order chi connectivity index (χ0) is 13.1. The molecule has 0 saturated carbocycles. The number of rotatable bonds is 5. The number of halogens is 3. The van der Waals surface area contributed by atoms with Crippen LogP contribution in [0.2, 0.25) is 0 Å². The largest absolute Gasteiger partial charge is 0.481 e. The van der Waals surface area contributed by atoms with Crippen molar-refractivity contribution in [3.63, 3.8) is 0 Å². The Bertz CT molecular complexity index is 270. The summed E-state index contributed by atoms with van der Waals surface area (Å²) in [5.41, 5.74) is 0. The molecular weight excluding hydrogens is 239 g/mol. The van der Waals surface area contributed by atoms with Gasteiger partial charge in [0, 0.05) is 12.6 Å². The van der Waals surface area contributed by atoms with E-state index in [1.807, 2.05) is 0 Å². The zero-order valence-electron chi connectivity index (χ0n) is 9.54. The summed E-state index contributed by atoms with van der Waals surface area (Å²) >= 11 is 0. The molecule has 1 rings (SSSR count). The lowest BCUT2D eigenvalue weighted by Crippen LogP contribution is -2.44. The summed E-state index contributed by atoms with van der Waals surface area (Å²) in [5, 5.41) is 8.93. The van der Waals surface area contributed by atoms with E-state index in [0.29, 0.717) is 6.54 Å². The van der Waals surface area contributed by atoms with E-state index >= 15 is 0 Å². The van der Waals surface area contributed by atoms with Gasteiger partial charge in [-0.1, -0.05) is 6.92 Å². The predicted molar refractivity (Wildman–Crippen MR) is 53.7 cm³/mol. The molecule has 7 heteroatoms. The van der Waals surface area contributed by atoms with E-state index in [2.05, 4.69) is 0 Å². The number of likely N-dealkylation sites (N-methyl/N-ethyl adjacent to an activating group) is 1. The molecule has 0 bridgehead atoms. The van der Waals surface area contributed by atoms with Crippen molar-refractivity contribution >= 4 is 5.97 Å². The van der Waals surface area contributed by atoms with Crippen molar-refractivity contribution in [1.29, 1.82) is 0 Å². The van der Waals surface area contributed by atoms with Crippen LogP contribution in [0.4, 0.5) is 13.2 Å². The summed E-state index contributed by atoms with van der Waals surface area (Å²) in [7, 11) is 0. The van der Waals surface area contributed by atoms with E-state index in [9.17, 15) is 18.0 Å². The van der Waals surface area contributed by atoms with Crippen LogP contribution in [0.1, 0.15) is 13.3 Å². The fourth-order valence-electron chi connectivity index (χ4n) is 1.97. The van der Waals surface area contributed by atoms with E-state index < -0.39 is 30.5 Å². The number of carbonyl (C=O) groups is 1. The quantitative estimate of drug-likeness (QED) is 0.806. The van der Waals surface area contributed by atoms with E-state index in [1.165, 1.54) is 4.90 Å². The average Bonchev–Trinajstić information content (AvgIpc) is 2.66. The van der Waals surface area contributed by atoms with Crippen molar-refractivity contribution < 1.29 is 27.8 Å². The van der Waals surface area contributed by atoms with Crippen molar-refractivity contribution in [1.82, 2.24) is 4.90 Å². The Hall–Kier alpha value is -0.820. The monoisotopic (exact) mass is 255 g/mol. The summed E-state index contributed by atoms with van der Waals surface area (Å²) in [6.07, 6.45) is -5.14. The van der Waals surface area contributed by atoms with Gasteiger partial charge >= 0.3 is 12.1 Å². The minimum absolute atomic E-state index is 0.0719. The standard InChI is InChI=1S/C10H16F3NO3/c1-2-14(4-3-10(11,12)13)8-6-17-5-7(8)9(15)16/h7-8H,2-6H2,1H3,(H,15,16). The first-order valence-corrected chi connectivity index (χ1v) is 5.46. The number of ether oxygens (including phenoxy) is 1. The Morgan fingerprint density at radius 2 is 2.12 bits per heavy atom. The Morgan fingerprint density at radius 1 is 1.47 bits per heavy atom. The minimum Gasteiger partial charge on any atom is -0.481 e. The molecular formula is C10H16F3NO3. The van der Waals surface area contributed by atoms with Gasteiger partial charge in [-0.15, -0.1) is 0 Å². The summed E-state index contributed by atoms with van der Waals surface area (Å²) in [4.78, 5) is 12.4. The van der Waals surface area contributed by atoms with Crippen LogP contribution >= 0.6 is 0 Å². The van der Waals surface area contributed by atoms with Gasteiger partial charge in [0.25, 0.3) is 0 Å². The number of hydrogen-bond acceptors (Lipinski definition) is 3. The Labute approximate surface area is 97.3 Å². The van der Waals surface area contributed by atoms with Crippen LogP contribution in [-0.2, 0) is 9.53 Å². The Morgan fingerprint density at radius 3 is 2.59 bits per heavy atom. The van der Waals surface area contributed by atoms with Crippen LogP contribution in [0.5, 0.6) is 0 Å².